The van der Waals surface area contributed by atoms with Crippen molar-refractivity contribution in [3.05, 3.63) is 53.3 Å². The molecule has 2 heterocycles. The molecule has 0 spiro atoms. The maximum absolute atomic E-state index is 12.8. The van der Waals surface area contributed by atoms with Gasteiger partial charge in [-0.15, -0.1) is 5.10 Å². The second kappa shape index (κ2) is 9.47. The second-order valence-electron chi connectivity index (χ2n) is 7.17. The number of anilines is 1. The van der Waals surface area contributed by atoms with Gasteiger partial charge in [0, 0.05) is 12.6 Å². The van der Waals surface area contributed by atoms with Crippen LogP contribution in [0.1, 0.15) is 21.7 Å². The number of aromatic nitrogens is 3. The third-order valence-corrected chi connectivity index (χ3v) is 5.07. The zero-order valence-corrected chi connectivity index (χ0v) is 18.4. The lowest BCUT2D eigenvalue weighted by Crippen LogP contribution is -2.28. The predicted octanol–water partition coefficient (Wildman–Crippen LogP) is 1.90. The topological polar surface area (TPSA) is 126 Å². The summed E-state index contributed by atoms with van der Waals surface area (Å²) in [7, 11) is 3.03. The molecule has 0 unspecified atom stereocenters. The van der Waals surface area contributed by atoms with Gasteiger partial charge in [0.15, 0.2) is 17.2 Å². The molecule has 0 aliphatic carbocycles. The first-order chi connectivity index (χ1) is 16.0. The summed E-state index contributed by atoms with van der Waals surface area (Å²) in [5.41, 5.74) is 1.85. The Morgan fingerprint density at radius 1 is 1.09 bits per heavy atom. The maximum atomic E-state index is 12.8. The van der Waals surface area contributed by atoms with Crippen LogP contribution in [0.3, 0.4) is 0 Å². The Kier molecular flexibility index (Phi) is 6.29. The van der Waals surface area contributed by atoms with E-state index in [0.717, 1.165) is 5.56 Å². The molecular formula is C22H23N5O6. The number of nitrogens with zero attached hydrogens (tertiary/aromatic N) is 3. The van der Waals surface area contributed by atoms with E-state index in [4.69, 9.17) is 18.9 Å². The SMILES string of the molecule is COc1ccc(OC)c(NC(=O)c2nnn(CC(=O)NCc3ccc4c(c3)OCO4)c2C)c1. The first-order valence-electron chi connectivity index (χ1n) is 10.1. The van der Waals surface area contributed by atoms with Crippen LogP contribution in [-0.2, 0) is 17.9 Å². The molecule has 2 amide bonds. The molecule has 0 bridgehead atoms. The van der Waals surface area contributed by atoms with E-state index in [1.807, 2.05) is 12.1 Å². The lowest BCUT2D eigenvalue weighted by Gasteiger charge is -2.11. The van der Waals surface area contributed by atoms with Gasteiger partial charge in [0.1, 0.15) is 18.0 Å². The molecule has 11 nitrogen and oxygen atoms in total. The van der Waals surface area contributed by atoms with Crippen molar-refractivity contribution in [1.29, 1.82) is 0 Å². The summed E-state index contributed by atoms with van der Waals surface area (Å²) < 4.78 is 22.5. The lowest BCUT2D eigenvalue weighted by molar-refractivity contribution is -0.122. The average Bonchev–Trinajstić information content (AvgIpc) is 3.43. The summed E-state index contributed by atoms with van der Waals surface area (Å²) in [4.78, 5) is 25.2. The van der Waals surface area contributed by atoms with Gasteiger partial charge in [-0.1, -0.05) is 11.3 Å². The van der Waals surface area contributed by atoms with E-state index in [1.54, 1.807) is 31.2 Å². The van der Waals surface area contributed by atoms with E-state index < -0.39 is 5.91 Å². The minimum atomic E-state index is -0.480. The zero-order chi connectivity index (χ0) is 23.4. The molecule has 4 rings (SSSR count). The smallest absolute Gasteiger partial charge is 0.278 e. The van der Waals surface area contributed by atoms with Crippen LogP contribution in [0.25, 0.3) is 0 Å². The Bertz CT molecular complexity index is 1190. The van der Waals surface area contributed by atoms with E-state index in [-0.39, 0.29) is 24.9 Å². The molecule has 0 saturated carbocycles. The highest BCUT2D eigenvalue weighted by molar-refractivity contribution is 6.04. The Morgan fingerprint density at radius 2 is 1.91 bits per heavy atom. The van der Waals surface area contributed by atoms with Gasteiger partial charge in [0.05, 0.1) is 25.6 Å². The minimum Gasteiger partial charge on any atom is -0.497 e. The molecule has 2 aromatic carbocycles. The number of methoxy groups -OCH3 is 2. The summed E-state index contributed by atoms with van der Waals surface area (Å²) in [5, 5.41) is 13.5. The Labute approximate surface area is 189 Å². The molecule has 0 radical (unpaired) electrons. The largest absolute Gasteiger partial charge is 0.497 e. The van der Waals surface area contributed by atoms with Crippen LogP contribution >= 0.6 is 0 Å². The number of hydrogen-bond donors (Lipinski definition) is 2. The van der Waals surface area contributed by atoms with Crippen LogP contribution < -0.4 is 29.6 Å². The van der Waals surface area contributed by atoms with Gasteiger partial charge in [0.2, 0.25) is 12.7 Å². The first kappa shape index (κ1) is 21.9. The fraction of sp³-hybridized carbons (Fsp3) is 0.273. The number of rotatable bonds is 8. The second-order valence-corrected chi connectivity index (χ2v) is 7.17. The van der Waals surface area contributed by atoms with Gasteiger partial charge in [0.25, 0.3) is 5.91 Å². The number of nitrogens with one attached hydrogen (secondary N) is 2. The standard InChI is InChI=1S/C22H23N5O6/c1-13-21(22(29)24-16-9-15(30-2)5-7-17(16)31-3)25-26-27(13)11-20(28)23-10-14-4-6-18-19(8-14)33-12-32-18/h4-9H,10-12H2,1-3H3,(H,23,28)(H,24,29). The number of carbonyl (C=O) groups excluding carboxylic acids is 2. The molecule has 0 fully saturated rings. The number of carbonyl (C=O) groups is 2. The van der Waals surface area contributed by atoms with Gasteiger partial charge in [-0.25, -0.2) is 4.68 Å². The highest BCUT2D eigenvalue weighted by atomic mass is 16.7. The molecule has 1 aromatic heterocycles. The van der Waals surface area contributed by atoms with E-state index in [9.17, 15) is 9.59 Å². The number of fused-ring (bicyclic) bond motifs is 1. The lowest BCUT2D eigenvalue weighted by atomic mass is 10.2. The third kappa shape index (κ3) is 4.81. The number of amides is 2. The Morgan fingerprint density at radius 3 is 2.70 bits per heavy atom. The van der Waals surface area contributed by atoms with E-state index >= 15 is 0 Å². The van der Waals surface area contributed by atoms with Crippen molar-refractivity contribution in [1.82, 2.24) is 20.3 Å². The fourth-order valence-electron chi connectivity index (χ4n) is 3.26. The first-order valence-corrected chi connectivity index (χ1v) is 10.1. The van der Waals surface area contributed by atoms with Crippen LogP contribution in [0.2, 0.25) is 0 Å². The van der Waals surface area contributed by atoms with Crippen molar-refractivity contribution < 1.29 is 28.5 Å². The maximum Gasteiger partial charge on any atom is 0.278 e. The van der Waals surface area contributed by atoms with Gasteiger partial charge in [-0.05, 0) is 36.8 Å². The molecule has 33 heavy (non-hydrogen) atoms. The van der Waals surface area contributed by atoms with Crippen LogP contribution in [0, 0.1) is 6.92 Å². The van der Waals surface area contributed by atoms with Crippen LogP contribution in [0.15, 0.2) is 36.4 Å². The summed E-state index contributed by atoms with van der Waals surface area (Å²) in [5.74, 6) is 1.61. The van der Waals surface area contributed by atoms with Crippen LogP contribution in [0.5, 0.6) is 23.0 Å². The minimum absolute atomic E-state index is 0.0842. The number of hydrogen-bond acceptors (Lipinski definition) is 8. The van der Waals surface area contributed by atoms with Crippen molar-refractivity contribution >= 4 is 17.5 Å². The number of ether oxygens (including phenoxy) is 4. The van der Waals surface area contributed by atoms with Gasteiger partial charge in [-0.2, -0.15) is 0 Å². The summed E-state index contributed by atoms with van der Waals surface area (Å²) in [6, 6.07) is 10.5. The highest BCUT2D eigenvalue weighted by Gasteiger charge is 2.20. The van der Waals surface area contributed by atoms with Gasteiger partial charge < -0.3 is 29.6 Å². The fourth-order valence-corrected chi connectivity index (χ4v) is 3.26. The normalized spacial score (nSPS) is 11.7. The molecule has 0 saturated heterocycles. The molecule has 0 atom stereocenters. The average molecular weight is 453 g/mol. The van der Waals surface area contributed by atoms with Crippen LogP contribution in [-0.4, -0.2) is 47.8 Å². The summed E-state index contributed by atoms with van der Waals surface area (Å²) in [6.07, 6.45) is 0. The van der Waals surface area contributed by atoms with Crippen molar-refractivity contribution in [3.8, 4) is 23.0 Å². The Hall–Kier alpha value is -4.28. The van der Waals surface area contributed by atoms with Crippen molar-refractivity contribution in [2.45, 2.75) is 20.0 Å². The molecule has 172 valence electrons. The van der Waals surface area contributed by atoms with Gasteiger partial charge >= 0.3 is 0 Å². The molecule has 1 aliphatic heterocycles. The predicted molar refractivity (Wildman–Crippen MR) is 117 cm³/mol. The van der Waals surface area contributed by atoms with Gasteiger partial charge in [-0.3, -0.25) is 9.59 Å². The van der Waals surface area contributed by atoms with E-state index in [2.05, 4.69) is 20.9 Å². The molecule has 2 N–H and O–H groups in total. The zero-order valence-electron chi connectivity index (χ0n) is 18.4. The molecule has 11 heteroatoms. The molecule has 3 aromatic rings. The van der Waals surface area contributed by atoms with Crippen molar-refractivity contribution in [2.75, 3.05) is 26.3 Å². The Balaban J connectivity index is 1.38. The quantitative estimate of drug-likeness (QED) is 0.530. The van der Waals surface area contributed by atoms with E-state index in [1.165, 1.54) is 18.9 Å². The molecular weight excluding hydrogens is 430 g/mol. The summed E-state index contributed by atoms with van der Waals surface area (Å²) >= 11 is 0. The summed E-state index contributed by atoms with van der Waals surface area (Å²) in [6.45, 7) is 2.09. The van der Waals surface area contributed by atoms with Crippen LogP contribution in [0.4, 0.5) is 5.69 Å². The highest BCUT2D eigenvalue weighted by Crippen LogP contribution is 2.32. The van der Waals surface area contributed by atoms with Crippen molar-refractivity contribution in [3.63, 3.8) is 0 Å². The van der Waals surface area contributed by atoms with Crippen molar-refractivity contribution in [2.24, 2.45) is 0 Å². The monoisotopic (exact) mass is 453 g/mol. The number of benzene rings is 2. The molecule has 1 aliphatic rings. The third-order valence-electron chi connectivity index (χ3n) is 5.07. The van der Waals surface area contributed by atoms with E-state index in [0.29, 0.717) is 40.9 Å².